The predicted molar refractivity (Wildman–Crippen MR) is 85.8 cm³/mol. The van der Waals surface area contributed by atoms with E-state index in [9.17, 15) is 5.11 Å². The van der Waals surface area contributed by atoms with Gasteiger partial charge in [0.15, 0.2) is 0 Å². The van der Waals surface area contributed by atoms with Crippen molar-refractivity contribution in [3.05, 3.63) is 69.7 Å². The van der Waals surface area contributed by atoms with Gasteiger partial charge >= 0.3 is 0 Å². The van der Waals surface area contributed by atoms with Gasteiger partial charge in [-0.15, -0.1) is 0 Å². The summed E-state index contributed by atoms with van der Waals surface area (Å²) in [5.41, 5.74) is 2.87. The molecule has 0 amide bonds. The zero-order valence-corrected chi connectivity index (χ0v) is 13.2. The summed E-state index contributed by atoms with van der Waals surface area (Å²) in [5, 5.41) is 11.2. The average molecular weight is 331 g/mol. The molecule has 0 aromatic heterocycles. The van der Waals surface area contributed by atoms with Crippen LogP contribution in [0.25, 0.3) is 0 Å². The Labute approximate surface area is 128 Å². The van der Waals surface area contributed by atoms with Gasteiger partial charge in [0.1, 0.15) is 0 Å². The summed E-state index contributed by atoms with van der Waals surface area (Å²) in [6, 6.07) is 16.6. The van der Waals surface area contributed by atoms with E-state index in [2.05, 4.69) is 53.2 Å². The highest BCUT2D eigenvalue weighted by Gasteiger charge is 2.36. The second-order valence-corrected chi connectivity index (χ2v) is 6.78. The van der Waals surface area contributed by atoms with Crippen LogP contribution in [0.2, 0.25) is 0 Å². The molecule has 1 aliphatic rings. The fourth-order valence-corrected chi connectivity index (χ4v) is 3.48. The third kappa shape index (κ3) is 2.55. The van der Waals surface area contributed by atoms with Gasteiger partial charge in [-0.2, -0.15) is 0 Å². The van der Waals surface area contributed by atoms with E-state index in [1.165, 1.54) is 11.1 Å². The largest absolute Gasteiger partial charge is 0.385 e. The van der Waals surface area contributed by atoms with Gasteiger partial charge in [0.05, 0.1) is 5.60 Å². The van der Waals surface area contributed by atoms with E-state index in [1.54, 1.807) is 0 Å². The summed E-state index contributed by atoms with van der Waals surface area (Å²) in [6.07, 6.45) is 2.56. The van der Waals surface area contributed by atoms with Crippen molar-refractivity contribution in [2.45, 2.75) is 37.7 Å². The van der Waals surface area contributed by atoms with Crippen molar-refractivity contribution in [2.24, 2.45) is 0 Å². The van der Waals surface area contributed by atoms with Crippen molar-refractivity contribution >= 4 is 15.9 Å². The fraction of sp³-hybridized carbons (Fsp3) is 0.333. The lowest BCUT2D eigenvalue weighted by molar-refractivity contribution is 0.0159. The molecule has 1 aliphatic carbocycles. The van der Waals surface area contributed by atoms with Gasteiger partial charge in [-0.05, 0) is 47.6 Å². The molecule has 0 bridgehead atoms. The van der Waals surface area contributed by atoms with Gasteiger partial charge in [-0.1, -0.05) is 59.3 Å². The maximum Gasteiger partial charge on any atom is 0.0939 e. The van der Waals surface area contributed by atoms with Crippen molar-refractivity contribution < 1.29 is 5.11 Å². The quantitative estimate of drug-likeness (QED) is 0.840. The molecule has 2 aromatic carbocycles. The molecule has 0 saturated heterocycles. The maximum absolute atomic E-state index is 11.2. The highest BCUT2D eigenvalue weighted by molar-refractivity contribution is 9.10. The molecule has 0 radical (unpaired) electrons. The van der Waals surface area contributed by atoms with Gasteiger partial charge in [0.2, 0.25) is 0 Å². The number of halogens is 1. The van der Waals surface area contributed by atoms with Crippen LogP contribution in [0.1, 0.15) is 42.4 Å². The third-order valence-electron chi connectivity index (χ3n) is 4.39. The molecule has 0 aliphatic heterocycles. The zero-order chi connectivity index (χ0) is 14.2. The van der Waals surface area contributed by atoms with Crippen molar-refractivity contribution in [1.82, 2.24) is 0 Å². The Balaban J connectivity index is 1.96. The van der Waals surface area contributed by atoms with Crippen LogP contribution < -0.4 is 0 Å². The Kier molecular flexibility index (Phi) is 3.70. The van der Waals surface area contributed by atoms with Gasteiger partial charge < -0.3 is 5.11 Å². The minimum absolute atomic E-state index is 0.538. The zero-order valence-electron chi connectivity index (χ0n) is 11.6. The van der Waals surface area contributed by atoms with Crippen LogP contribution in [0.15, 0.2) is 53.0 Å². The standard InChI is InChI=1S/C18H19BrO/c1-13-10-11-18(20,17-5-3-2-4-16(13)17)12-14-6-8-15(19)9-7-14/h2-9,13,20H,10-12H2,1H3. The summed E-state index contributed by atoms with van der Waals surface area (Å²) in [5.74, 6) is 0.538. The lowest BCUT2D eigenvalue weighted by atomic mass is 9.72. The number of fused-ring (bicyclic) bond motifs is 1. The van der Waals surface area contributed by atoms with E-state index in [4.69, 9.17) is 0 Å². The van der Waals surface area contributed by atoms with Crippen molar-refractivity contribution in [3.63, 3.8) is 0 Å². The molecule has 1 N–H and O–H groups in total. The first-order valence-corrected chi connectivity index (χ1v) is 7.94. The Morgan fingerprint density at radius 2 is 1.85 bits per heavy atom. The summed E-state index contributed by atoms with van der Waals surface area (Å²) in [7, 11) is 0. The highest BCUT2D eigenvalue weighted by Crippen LogP contribution is 2.42. The molecule has 0 spiro atoms. The normalized spacial score (nSPS) is 25.2. The first-order chi connectivity index (χ1) is 9.58. The van der Waals surface area contributed by atoms with E-state index in [0.717, 1.165) is 22.9 Å². The first kappa shape index (κ1) is 13.8. The molecule has 2 heteroatoms. The third-order valence-corrected chi connectivity index (χ3v) is 4.92. The van der Waals surface area contributed by atoms with Crippen molar-refractivity contribution in [1.29, 1.82) is 0 Å². The highest BCUT2D eigenvalue weighted by atomic mass is 79.9. The minimum Gasteiger partial charge on any atom is -0.385 e. The Morgan fingerprint density at radius 1 is 1.15 bits per heavy atom. The van der Waals surface area contributed by atoms with Crippen LogP contribution in [-0.4, -0.2) is 5.11 Å². The molecule has 20 heavy (non-hydrogen) atoms. The topological polar surface area (TPSA) is 20.2 Å². The molecule has 2 atom stereocenters. The van der Waals surface area contributed by atoms with Gasteiger partial charge in [-0.25, -0.2) is 0 Å². The van der Waals surface area contributed by atoms with E-state index in [1.807, 2.05) is 18.2 Å². The Hall–Kier alpha value is -1.12. The number of benzene rings is 2. The average Bonchev–Trinajstić information content (AvgIpc) is 2.46. The molecule has 0 saturated carbocycles. The van der Waals surface area contributed by atoms with Gasteiger partial charge in [0, 0.05) is 10.9 Å². The molecule has 2 unspecified atom stereocenters. The van der Waals surface area contributed by atoms with Gasteiger partial charge in [-0.3, -0.25) is 0 Å². The molecule has 3 rings (SSSR count). The number of hydrogen-bond donors (Lipinski definition) is 1. The second-order valence-electron chi connectivity index (χ2n) is 5.86. The van der Waals surface area contributed by atoms with E-state index < -0.39 is 5.60 Å². The maximum atomic E-state index is 11.2. The van der Waals surface area contributed by atoms with Gasteiger partial charge in [0.25, 0.3) is 0 Å². The van der Waals surface area contributed by atoms with Crippen LogP contribution >= 0.6 is 15.9 Å². The molecule has 2 aromatic rings. The van der Waals surface area contributed by atoms with Crippen LogP contribution in [-0.2, 0) is 12.0 Å². The van der Waals surface area contributed by atoms with E-state index in [-0.39, 0.29) is 0 Å². The molecular weight excluding hydrogens is 312 g/mol. The van der Waals surface area contributed by atoms with E-state index >= 15 is 0 Å². The first-order valence-electron chi connectivity index (χ1n) is 7.15. The SMILES string of the molecule is CC1CCC(O)(Cc2ccc(Br)cc2)c2ccccc21. The molecule has 1 nitrogen and oxygen atoms in total. The summed E-state index contributed by atoms with van der Waals surface area (Å²) >= 11 is 3.46. The Morgan fingerprint density at radius 3 is 2.60 bits per heavy atom. The van der Waals surface area contributed by atoms with Crippen LogP contribution in [0.5, 0.6) is 0 Å². The minimum atomic E-state index is -0.725. The summed E-state index contributed by atoms with van der Waals surface area (Å²) in [4.78, 5) is 0. The lowest BCUT2D eigenvalue weighted by Crippen LogP contribution is -2.33. The van der Waals surface area contributed by atoms with Crippen LogP contribution in [0, 0.1) is 0 Å². The smallest absolute Gasteiger partial charge is 0.0939 e. The second kappa shape index (κ2) is 5.34. The predicted octanol–water partition coefficient (Wildman–Crippen LogP) is 4.78. The monoisotopic (exact) mass is 330 g/mol. The van der Waals surface area contributed by atoms with Crippen molar-refractivity contribution in [3.8, 4) is 0 Å². The number of aliphatic hydroxyl groups is 1. The fourth-order valence-electron chi connectivity index (χ4n) is 3.22. The van der Waals surface area contributed by atoms with Crippen molar-refractivity contribution in [2.75, 3.05) is 0 Å². The number of hydrogen-bond acceptors (Lipinski definition) is 1. The summed E-state index contributed by atoms with van der Waals surface area (Å²) < 4.78 is 1.07. The van der Waals surface area contributed by atoms with Crippen LogP contribution in [0.3, 0.4) is 0 Å². The molecule has 0 heterocycles. The van der Waals surface area contributed by atoms with E-state index in [0.29, 0.717) is 12.3 Å². The van der Waals surface area contributed by atoms with Crippen LogP contribution in [0.4, 0.5) is 0 Å². The molecule has 104 valence electrons. The lowest BCUT2D eigenvalue weighted by Gasteiger charge is -2.37. The summed E-state index contributed by atoms with van der Waals surface area (Å²) in [6.45, 7) is 2.25. The molecule has 0 fully saturated rings. The number of rotatable bonds is 2. The Bertz CT molecular complexity index is 605. The molecular formula is C18H19BrO.